The molecule has 32 heavy (non-hydrogen) atoms. The Morgan fingerprint density at radius 2 is 1.31 bits per heavy atom. The maximum atomic E-state index is 10.7. The molecule has 1 aliphatic carbocycles. The minimum absolute atomic E-state index is 0.275. The molecule has 0 heterocycles. The number of aliphatic carboxylic acids is 1. The van der Waals surface area contributed by atoms with E-state index in [1.807, 2.05) is 31.2 Å². The highest BCUT2D eigenvalue weighted by molar-refractivity contribution is 5.86. The molecule has 2 heteroatoms. The van der Waals surface area contributed by atoms with Crippen LogP contribution in [0.3, 0.4) is 0 Å². The molecule has 172 valence electrons. The number of rotatable bonds is 9. The monoisotopic (exact) mass is 432 g/mol. The zero-order valence-electron chi connectivity index (χ0n) is 20.9. The maximum absolute atomic E-state index is 10.7. The van der Waals surface area contributed by atoms with E-state index in [1.54, 1.807) is 19.1 Å². The summed E-state index contributed by atoms with van der Waals surface area (Å²) >= 11 is 0. The lowest BCUT2D eigenvalue weighted by Crippen LogP contribution is -2.19. The van der Waals surface area contributed by atoms with Gasteiger partial charge in [-0.3, -0.25) is 0 Å². The van der Waals surface area contributed by atoms with Gasteiger partial charge in [-0.1, -0.05) is 109 Å². The highest BCUT2D eigenvalue weighted by atomic mass is 16.4. The number of carboxylic acid groups (broad SMARTS) is 1. The zero-order valence-corrected chi connectivity index (χ0v) is 20.9. The third-order valence-corrected chi connectivity index (χ3v) is 5.65. The average molecular weight is 433 g/mol. The second kappa shape index (κ2) is 13.5. The Morgan fingerprint density at radius 3 is 1.84 bits per heavy atom. The molecule has 0 aliphatic heterocycles. The Balaban J connectivity index is 2.65. The van der Waals surface area contributed by atoms with Crippen molar-refractivity contribution in [2.45, 2.75) is 67.7 Å². The SMILES string of the molecule is CC(C=CC1=C(C)CCCC1(C)C)=CC=CC(C)=C/C=C/C=C(C)/C=C/C=C(\C)C(=O)O. The van der Waals surface area contributed by atoms with Gasteiger partial charge in [-0.05, 0) is 64.9 Å². The van der Waals surface area contributed by atoms with E-state index in [0.717, 1.165) is 5.57 Å². The predicted molar refractivity (Wildman–Crippen MR) is 140 cm³/mol. The van der Waals surface area contributed by atoms with Gasteiger partial charge in [0.15, 0.2) is 0 Å². The Kier molecular flexibility index (Phi) is 11.5. The van der Waals surface area contributed by atoms with Crippen LogP contribution in [0.2, 0.25) is 0 Å². The van der Waals surface area contributed by atoms with E-state index in [9.17, 15) is 4.79 Å². The Hall–Kier alpha value is -2.87. The van der Waals surface area contributed by atoms with Gasteiger partial charge in [0, 0.05) is 5.57 Å². The molecule has 0 unspecified atom stereocenters. The number of hydrogen-bond acceptors (Lipinski definition) is 1. The van der Waals surface area contributed by atoms with Crippen molar-refractivity contribution in [2.24, 2.45) is 5.41 Å². The van der Waals surface area contributed by atoms with Crippen molar-refractivity contribution in [3.05, 3.63) is 106 Å². The van der Waals surface area contributed by atoms with Crippen LogP contribution in [0.5, 0.6) is 0 Å². The van der Waals surface area contributed by atoms with Gasteiger partial charge in [-0.25, -0.2) is 4.79 Å². The van der Waals surface area contributed by atoms with Crippen LogP contribution in [0.15, 0.2) is 106 Å². The summed E-state index contributed by atoms with van der Waals surface area (Å²) in [4.78, 5) is 10.7. The standard InChI is InChI=1S/C30H40O2/c1-23(13-8-9-14-24(2)17-11-18-27(5)29(31)32)15-10-16-25(3)20-21-28-26(4)19-12-22-30(28,6)7/h8-11,13-18,20-21H,12,19,22H2,1-7H3,(H,31,32)/b9-8+,15-10?,17-11+,21-20?,23-13?,24-14+,25-16?,27-18+. The lowest BCUT2D eigenvalue weighted by Gasteiger charge is -2.32. The summed E-state index contributed by atoms with van der Waals surface area (Å²) in [5, 5.41) is 8.82. The quantitative estimate of drug-likeness (QED) is 0.292. The number of hydrogen-bond donors (Lipinski definition) is 1. The predicted octanol–water partition coefficient (Wildman–Crippen LogP) is 8.61. The molecule has 1 aliphatic rings. The van der Waals surface area contributed by atoms with E-state index in [0.29, 0.717) is 5.57 Å². The fraction of sp³-hybridized carbons (Fsp3) is 0.367. The smallest absolute Gasteiger partial charge is 0.331 e. The van der Waals surface area contributed by atoms with Gasteiger partial charge in [0.05, 0.1) is 0 Å². The number of allylic oxidation sites excluding steroid dienone is 17. The lowest BCUT2D eigenvalue weighted by atomic mass is 9.72. The molecular formula is C30H40O2. The summed E-state index contributed by atoms with van der Waals surface area (Å²) in [7, 11) is 0. The lowest BCUT2D eigenvalue weighted by molar-refractivity contribution is -0.132. The van der Waals surface area contributed by atoms with E-state index < -0.39 is 5.97 Å². The molecule has 2 nitrogen and oxygen atoms in total. The van der Waals surface area contributed by atoms with E-state index in [1.165, 1.54) is 41.6 Å². The van der Waals surface area contributed by atoms with Crippen molar-refractivity contribution in [3.8, 4) is 0 Å². The van der Waals surface area contributed by atoms with Gasteiger partial charge in [-0.15, -0.1) is 0 Å². The van der Waals surface area contributed by atoms with E-state index >= 15 is 0 Å². The second-order valence-corrected chi connectivity index (χ2v) is 9.25. The first-order valence-electron chi connectivity index (χ1n) is 11.4. The van der Waals surface area contributed by atoms with Crippen LogP contribution in [0.4, 0.5) is 0 Å². The van der Waals surface area contributed by atoms with Gasteiger partial charge < -0.3 is 5.11 Å². The summed E-state index contributed by atoms with van der Waals surface area (Å²) < 4.78 is 0. The molecule has 0 fully saturated rings. The Labute approximate surface area is 195 Å². The zero-order chi connectivity index (χ0) is 24.1. The fourth-order valence-corrected chi connectivity index (χ4v) is 3.57. The van der Waals surface area contributed by atoms with Crippen molar-refractivity contribution < 1.29 is 9.90 Å². The number of carboxylic acids is 1. The second-order valence-electron chi connectivity index (χ2n) is 9.25. The highest BCUT2D eigenvalue weighted by Gasteiger charge is 2.26. The third kappa shape index (κ3) is 10.4. The topological polar surface area (TPSA) is 37.3 Å². The average Bonchev–Trinajstić information content (AvgIpc) is 2.70. The van der Waals surface area contributed by atoms with Crippen LogP contribution in [-0.2, 0) is 4.79 Å². The Bertz CT molecular complexity index is 935. The summed E-state index contributed by atoms with van der Waals surface area (Å²) in [5.74, 6) is -0.897. The first-order valence-corrected chi connectivity index (χ1v) is 11.4. The van der Waals surface area contributed by atoms with Crippen molar-refractivity contribution >= 4 is 5.97 Å². The third-order valence-electron chi connectivity index (χ3n) is 5.65. The molecular weight excluding hydrogens is 392 g/mol. The van der Waals surface area contributed by atoms with Crippen LogP contribution in [0.1, 0.15) is 67.7 Å². The molecule has 0 amide bonds. The van der Waals surface area contributed by atoms with Crippen LogP contribution in [-0.4, -0.2) is 11.1 Å². The van der Waals surface area contributed by atoms with Crippen molar-refractivity contribution in [1.29, 1.82) is 0 Å². The normalized spacial score (nSPS) is 19.3. The maximum Gasteiger partial charge on any atom is 0.331 e. The molecule has 0 spiro atoms. The van der Waals surface area contributed by atoms with Crippen LogP contribution in [0, 0.1) is 5.41 Å². The number of carbonyl (C=O) groups is 1. The summed E-state index contributed by atoms with van der Waals surface area (Å²) in [6.07, 6.45) is 27.9. The molecule has 0 aromatic carbocycles. The largest absolute Gasteiger partial charge is 0.478 e. The Morgan fingerprint density at radius 1 is 0.812 bits per heavy atom. The summed E-state index contributed by atoms with van der Waals surface area (Å²) in [5.41, 5.74) is 7.07. The van der Waals surface area contributed by atoms with E-state index in [4.69, 9.17) is 5.11 Å². The minimum Gasteiger partial charge on any atom is -0.478 e. The molecule has 1 N–H and O–H groups in total. The molecule has 0 radical (unpaired) electrons. The molecule has 0 aromatic heterocycles. The molecule has 0 atom stereocenters. The van der Waals surface area contributed by atoms with Gasteiger partial charge >= 0.3 is 5.97 Å². The van der Waals surface area contributed by atoms with Gasteiger partial charge in [0.25, 0.3) is 0 Å². The summed E-state index contributed by atoms with van der Waals surface area (Å²) in [6.45, 7) is 14.7. The van der Waals surface area contributed by atoms with E-state index in [2.05, 4.69) is 71.1 Å². The van der Waals surface area contributed by atoms with Gasteiger partial charge in [0.1, 0.15) is 0 Å². The van der Waals surface area contributed by atoms with Crippen molar-refractivity contribution in [2.75, 3.05) is 0 Å². The van der Waals surface area contributed by atoms with E-state index in [-0.39, 0.29) is 5.41 Å². The highest BCUT2D eigenvalue weighted by Crippen LogP contribution is 2.40. The minimum atomic E-state index is -0.897. The van der Waals surface area contributed by atoms with Crippen molar-refractivity contribution in [3.63, 3.8) is 0 Å². The molecule has 1 rings (SSSR count). The van der Waals surface area contributed by atoms with Crippen LogP contribution in [0.25, 0.3) is 0 Å². The van der Waals surface area contributed by atoms with Crippen LogP contribution < -0.4 is 0 Å². The molecule has 0 aromatic rings. The first kappa shape index (κ1) is 27.2. The van der Waals surface area contributed by atoms with Crippen molar-refractivity contribution in [1.82, 2.24) is 0 Å². The first-order chi connectivity index (χ1) is 15.0. The van der Waals surface area contributed by atoms with Crippen LogP contribution >= 0.6 is 0 Å². The molecule has 0 saturated heterocycles. The van der Waals surface area contributed by atoms with Gasteiger partial charge in [-0.2, -0.15) is 0 Å². The summed E-state index contributed by atoms with van der Waals surface area (Å²) in [6, 6.07) is 0. The van der Waals surface area contributed by atoms with Gasteiger partial charge in [0.2, 0.25) is 0 Å². The fourth-order valence-electron chi connectivity index (χ4n) is 3.57. The molecule has 0 bridgehead atoms. The molecule has 0 saturated carbocycles.